The van der Waals surface area contributed by atoms with Gasteiger partial charge < -0.3 is 0 Å². The molecular weight excluding hydrogens is 316 g/mol. The summed E-state index contributed by atoms with van der Waals surface area (Å²) < 4.78 is 37.1. The Balaban J connectivity index is 2.74. The average molecular weight is 328 g/mol. The monoisotopic (exact) mass is 327 g/mol. The van der Waals surface area contributed by atoms with Crippen LogP contribution in [-0.2, 0) is 21.2 Å². The van der Waals surface area contributed by atoms with Crippen LogP contribution in [0.25, 0.3) is 0 Å². The topological polar surface area (TPSA) is 63.2 Å². The van der Waals surface area contributed by atoms with Gasteiger partial charge in [0.05, 0.1) is 5.75 Å². The number of carbonyl (C=O) groups is 1. The van der Waals surface area contributed by atoms with Crippen molar-refractivity contribution < 1.29 is 17.6 Å². The van der Waals surface area contributed by atoms with Gasteiger partial charge in [-0.05, 0) is 31.0 Å². The molecule has 0 aliphatic heterocycles. The second-order valence-corrected chi connectivity index (χ2v) is 6.72. The molecule has 8 heteroatoms. The van der Waals surface area contributed by atoms with E-state index in [2.05, 4.69) is 0 Å². The first-order valence-corrected chi connectivity index (χ1v) is 7.84. The van der Waals surface area contributed by atoms with Gasteiger partial charge in [0.1, 0.15) is 11.2 Å². The Morgan fingerprint density at radius 3 is 2.63 bits per heavy atom. The predicted molar refractivity (Wildman–Crippen MR) is 72.4 cm³/mol. The molecule has 0 spiro atoms. The molecule has 0 fully saturated rings. The maximum Gasteiger partial charge on any atom is 0.251 e. The fraction of sp³-hybridized carbons (Fsp3) is 0.364. The molecule has 19 heavy (non-hydrogen) atoms. The highest BCUT2D eigenvalue weighted by Crippen LogP contribution is 2.20. The van der Waals surface area contributed by atoms with Crippen LogP contribution in [0.3, 0.4) is 0 Å². The molecular formula is C11H12Cl2FNO3S. The lowest BCUT2D eigenvalue weighted by molar-refractivity contribution is -0.119. The van der Waals surface area contributed by atoms with E-state index in [9.17, 15) is 17.6 Å². The van der Waals surface area contributed by atoms with Crippen LogP contribution < -0.4 is 4.72 Å². The molecule has 0 aliphatic carbocycles. The molecule has 1 unspecified atom stereocenters. The van der Waals surface area contributed by atoms with Gasteiger partial charge in [0.15, 0.2) is 0 Å². The van der Waals surface area contributed by atoms with E-state index >= 15 is 0 Å². The van der Waals surface area contributed by atoms with E-state index in [-0.39, 0.29) is 17.2 Å². The van der Waals surface area contributed by atoms with Gasteiger partial charge in [-0.25, -0.2) is 12.8 Å². The van der Waals surface area contributed by atoms with E-state index in [0.29, 0.717) is 5.56 Å². The summed E-state index contributed by atoms with van der Waals surface area (Å²) in [4.78, 5) is 11.6. The Morgan fingerprint density at radius 1 is 1.47 bits per heavy atom. The van der Waals surface area contributed by atoms with Crippen molar-refractivity contribution in [2.75, 3.05) is 5.75 Å². The van der Waals surface area contributed by atoms with Gasteiger partial charge in [0, 0.05) is 5.02 Å². The van der Waals surface area contributed by atoms with Crippen molar-refractivity contribution in [1.29, 1.82) is 0 Å². The number of hydrogen-bond acceptors (Lipinski definition) is 3. The molecule has 0 saturated heterocycles. The number of halogens is 3. The smallest absolute Gasteiger partial charge is 0.251 e. The number of hydrogen-bond donors (Lipinski definition) is 1. The van der Waals surface area contributed by atoms with E-state index < -0.39 is 27.1 Å². The molecule has 1 N–H and O–H groups in total. The molecule has 1 atom stereocenters. The molecule has 0 aliphatic rings. The number of amides is 1. The Morgan fingerprint density at radius 2 is 2.11 bits per heavy atom. The third-order valence-corrected chi connectivity index (χ3v) is 4.31. The van der Waals surface area contributed by atoms with Crippen LogP contribution in [0.1, 0.15) is 12.5 Å². The molecule has 0 aromatic heterocycles. The van der Waals surface area contributed by atoms with Crippen molar-refractivity contribution in [1.82, 2.24) is 4.72 Å². The van der Waals surface area contributed by atoms with Crippen molar-refractivity contribution in [2.24, 2.45) is 0 Å². The lowest BCUT2D eigenvalue weighted by Gasteiger charge is -2.11. The first kappa shape index (κ1) is 16.2. The molecule has 4 nitrogen and oxygen atoms in total. The van der Waals surface area contributed by atoms with Crippen molar-refractivity contribution in [3.8, 4) is 0 Å². The Labute approximate surface area is 121 Å². The number of benzene rings is 1. The summed E-state index contributed by atoms with van der Waals surface area (Å²) >= 11 is 11.6. The van der Waals surface area contributed by atoms with Crippen LogP contribution in [0.4, 0.5) is 4.39 Å². The molecule has 0 heterocycles. The van der Waals surface area contributed by atoms with Gasteiger partial charge in [-0.1, -0.05) is 17.7 Å². The summed E-state index contributed by atoms with van der Waals surface area (Å²) in [5.41, 5.74) is 0.465. The number of rotatable bonds is 5. The number of sulfonamides is 1. The predicted octanol–water partition coefficient (Wildman–Crippen LogP) is 2.09. The summed E-state index contributed by atoms with van der Waals surface area (Å²) in [6.07, 6.45) is 0.00569. The van der Waals surface area contributed by atoms with E-state index in [1.807, 2.05) is 4.72 Å². The van der Waals surface area contributed by atoms with Gasteiger partial charge in [-0.15, -0.1) is 11.6 Å². The first-order valence-electron chi connectivity index (χ1n) is 5.37. The second-order valence-electron chi connectivity index (χ2n) is 3.78. The second kappa shape index (κ2) is 6.54. The largest absolute Gasteiger partial charge is 0.272 e. The molecule has 1 rings (SSSR count). The number of carbonyl (C=O) groups excluding carboxylic acids is 1. The maximum atomic E-state index is 12.8. The lowest BCUT2D eigenvalue weighted by Crippen LogP contribution is -2.38. The normalized spacial score (nSPS) is 13.1. The van der Waals surface area contributed by atoms with Crippen molar-refractivity contribution in [3.63, 3.8) is 0 Å². The molecule has 1 aromatic rings. The number of nitrogens with one attached hydrogen (secondary N) is 1. The molecule has 0 bridgehead atoms. The van der Waals surface area contributed by atoms with Crippen LogP contribution in [0.15, 0.2) is 18.2 Å². The molecule has 0 saturated carbocycles. The Hall–Kier alpha value is -0.850. The van der Waals surface area contributed by atoms with Crippen LogP contribution in [0, 0.1) is 5.82 Å². The third kappa shape index (κ3) is 4.97. The van der Waals surface area contributed by atoms with Crippen LogP contribution in [0.5, 0.6) is 0 Å². The van der Waals surface area contributed by atoms with Crippen LogP contribution >= 0.6 is 23.2 Å². The van der Waals surface area contributed by atoms with Gasteiger partial charge in [0.25, 0.3) is 5.91 Å². The standard InChI is InChI=1S/C11H12Cl2FNO3S/c1-2-19(17,18)15-11(16)10(13)5-7-3-4-8(14)6-9(7)12/h3-4,6,10H,2,5H2,1H3,(H,15,16). The minimum absolute atomic E-state index is 0.00569. The highest BCUT2D eigenvalue weighted by atomic mass is 35.5. The Kier molecular flexibility index (Phi) is 5.58. The minimum Gasteiger partial charge on any atom is -0.272 e. The SMILES string of the molecule is CCS(=O)(=O)NC(=O)C(Cl)Cc1ccc(F)cc1Cl. The van der Waals surface area contributed by atoms with Gasteiger partial charge in [-0.2, -0.15) is 0 Å². The molecule has 1 amide bonds. The summed E-state index contributed by atoms with van der Waals surface area (Å²) in [5, 5.41) is -0.971. The van der Waals surface area contributed by atoms with Crippen molar-refractivity contribution >= 4 is 39.1 Å². The van der Waals surface area contributed by atoms with Gasteiger partial charge >= 0.3 is 0 Å². The molecule has 0 radical (unpaired) electrons. The molecule has 1 aromatic carbocycles. The fourth-order valence-corrected chi connectivity index (χ4v) is 2.39. The van der Waals surface area contributed by atoms with Crippen molar-refractivity contribution in [2.45, 2.75) is 18.7 Å². The van der Waals surface area contributed by atoms with Gasteiger partial charge in [-0.3, -0.25) is 9.52 Å². The molecule has 106 valence electrons. The zero-order valence-electron chi connectivity index (χ0n) is 9.99. The zero-order valence-corrected chi connectivity index (χ0v) is 12.3. The zero-order chi connectivity index (χ0) is 14.6. The average Bonchev–Trinajstić information content (AvgIpc) is 2.32. The number of alkyl halides is 1. The van der Waals surface area contributed by atoms with Gasteiger partial charge in [0.2, 0.25) is 10.0 Å². The lowest BCUT2D eigenvalue weighted by atomic mass is 10.1. The summed E-state index contributed by atoms with van der Waals surface area (Å²) in [6.45, 7) is 1.40. The summed E-state index contributed by atoms with van der Waals surface area (Å²) in [7, 11) is -3.65. The fourth-order valence-electron chi connectivity index (χ4n) is 1.26. The maximum absolute atomic E-state index is 12.8. The van der Waals surface area contributed by atoms with Crippen molar-refractivity contribution in [3.05, 3.63) is 34.6 Å². The third-order valence-electron chi connectivity index (χ3n) is 2.33. The Bertz CT molecular complexity index is 577. The first-order chi connectivity index (χ1) is 8.75. The van der Waals surface area contributed by atoms with E-state index in [1.54, 1.807) is 0 Å². The summed E-state index contributed by atoms with van der Waals surface area (Å²) in [6, 6.07) is 3.68. The quantitative estimate of drug-likeness (QED) is 0.842. The highest BCUT2D eigenvalue weighted by Gasteiger charge is 2.21. The van der Waals surface area contributed by atoms with E-state index in [1.165, 1.54) is 19.1 Å². The van der Waals surface area contributed by atoms with Crippen LogP contribution in [-0.4, -0.2) is 25.5 Å². The van der Waals surface area contributed by atoms with E-state index in [0.717, 1.165) is 6.07 Å². The van der Waals surface area contributed by atoms with Crippen LogP contribution in [0.2, 0.25) is 5.02 Å². The minimum atomic E-state index is -3.65. The summed E-state index contributed by atoms with van der Waals surface area (Å²) in [5.74, 6) is -1.55. The highest BCUT2D eigenvalue weighted by molar-refractivity contribution is 7.90. The van der Waals surface area contributed by atoms with E-state index in [4.69, 9.17) is 23.2 Å².